The largest absolute Gasteiger partial charge is 1.00 e. The fourth-order valence-electron chi connectivity index (χ4n) is 4.93. The van der Waals surface area contributed by atoms with Crippen LogP contribution in [0.5, 0.6) is 11.5 Å². The van der Waals surface area contributed by atoms with E-state index in [1.54, 1.807) is 24.5 Å². The number of unbranched alkanes of at least 4 members (excludes halogenated alkanes) is 13. The van der Waals surface area contributed by atoms with Crippen molar-refractivity contribution in [2.45, 2.75) is 103 Å². The molecule has 0 bridgehead atoms. The van der Waals surface area contributed by atoms with E-state index in [0.29, 0.717) is 23.7 Å². The van der Waals surface area contributed by atoms with E-state index < -0.39 is 0 Å². The van der Waals surface area contributed by atoms with Crippen LogP contribution in [0, 0.1) is 0 Å². The summed E-state index contributed by atoms with van der Waals surface area (Å²) in [7, 11) is 1.61. The van der Waals surface area contributed by atoms with Gasteiger partial charge >= 0.3 is 0 Å². The highest BCUT2D eigenvalue weighted by atomic mass is 79.9. The number of anilines is 1. The van der Waals surface area contributed by atoms with E-state index in [4.69, 9.17) is 9.47 Å². The maximum Gasteiger partial charge on any atom is 0.259 e. The zero-order valence-electron chi connectivity index (χ0n) is 25.0. The zero-order valence-corrected chi connectivity index (χ0v) is 27.4. The lowest BCUT2D eigenvalue weighted by Gasteiger charge is -2.15. The van der Waals surface area contributed by atoms with Gasteiger partial charge in [0.1, 0.15) is 0 Å². The standard InChI is InChI=1S/C34H48N2O3S.BrH/c1-3-4-5-6-7-8-9-10-11-12-13-14-15-16-25-39-33-31(18-17-19-32(33)38-2)34(37)35-30-22-20-29(21-23-30)27-36-24-26-40-28-36;/h17-24,26,28H,3-16,25,27H2,1-2H3;1H. The van der Waals surface area contributed by atoms with Gasteiger partial charge < -0.3 is 31.8 Å². The lowest BCUT2D eigenvalue weighted by Crippen LogP contribution is -3.00. The first kappa shape index (κ1) is 34.8. The zero-order chi connectivity index (χ0) is 28.3. The van der Waals surface area contributed by atoms with Gasteiger partial charge in [0.2, 0.25) is 5.51 Å². The Morgan fingerprint density at radius 1 is 0.829 bits per heavy atom. The minimum atomic E-state index is -0.199. The molecule has 0 spiro atoms. The second-order valence-corrected chi connectivity index (χ2v) is 11.4. The van der Waals surface area contributed by atoms with Crippen LogP contribution < -0.4 is 36.3 Å². The van der Waals surface area contributed by atoms with E-state index in [1.165, 1.54) is 82.6 Å². The molecule has 0 atom stereocenters. The van der Waals surface area contributed by atoms with Crippen molar-refractivity contribution in [1.29, 1.82) is 0 Å². The number of nitrogens with zero attached hydrogens (tertiary/aromatic N) is 1. The Morgan fingerprint density at radius 3 is 2.00 bits per heavy atom. The molecule has 1 N–H and O–H groups in total. The Morgan fingerprint density at radius 2 is 1.44 bits per heavy atom. The van der Waals surface area contributed by atoms with Crippen molar-refractivity contribution in [3.05, 3.63) is 70.7 Å². The molecule has 1 amide bonds. The van der Waals surface area contributed by atoms with Crippen molar-refractivity contribution in [2.24, 2.45) is 0 Å². The van der Waals surface area contributed by atoms with E-state index in [2.05, 4.69) is 33.9 Å². The molecule has 0 unspecified atom stereocenters. The molecule has 226 valence electrons. The van der Waals surface area contributed by atoms with Crippen molar-refractivity contribution in [3.63, 3.8) is 0 Å². The molecular weight excluding hydrogens is 596 g/mol. The Bertz CT molecular complexity index is 1090. The third-order valence-electron chi connectivity index (χ3n) is 7.29. The second kappa shape index (κ2) is 21.3. The summed E-state index contributed by atoms with van der Waals surface area (Å²) in [6.07, 6.45) is 20.6. The van der Waals surface area contributed by atoms with Gasteiger partial charge in [0.25, 0.3) is 5.91 Å². The van der Waals surface area contributed by atoms with Gasteiger partial charge in [-0.2, -0.15) is 4.57 Å². The third-order valence-corrected chi connectivity index (χ3v) is 7.96. The van der Waals surface area contributed by atoms with E-state index >= 15 is 0 Å². The predicted octanol–water partition coefficient (Wildman–Crippen LogP) is 6.21. The molecule has 3 aromatic rings. The van der Waals surface area contributed by atoms with E-state index in [9.17, 15) is 4.79 Å². The number of carbonyl (C=O) groups excluding carboxylic acids is 1. The smallest absolute Gasteiger partial charge is 0.259 e. The van der Waals surface area contributed by atoms with E-state index in [-0.39, 0.29) is 22.9 Å². The molecule has 41 heavy (non-hydrogen) atoms. The molecule has 2 aromatic carbocycles. The number of ether oxygens (including phenoxy) is 2. The number of hydrogen-bond donors (Lipinski definition) is 1. The minimum absolute atomic E-state index is 0. The number of amides is 1. The van der Waals surface area contributed by atoms with Crippen molar-refractivity contribution >= 4 is 22.9 Å². The first-order valence-corrected chi connectivity index (χ1v) is 16.3. The molecule has 1 heterocycles. The summed E-state index contributed by atoms with van der Waals surface area (Å²) in [5, 5.41) is 5.07. The van der Waals surface area contributed by atoms with Crippen molar-refractivity contribution in [2.75, 3.05) is 19.0 Å². The van der Waals surface area contributed by atoms with Gasteiger partial charge in [-0.25, -0.2) is 0 Å². The van der Waals surface area contributed by atoms with Gasteiger partial charge in [0.05, 0.1) is 24.7 Å². The average Bonchev–Trinajstić information content (AvgIpc) is 3.49. The molecule has 7 heteroatoms. The molecule has 0 saturated carbocycles. The molecule has 0 aliphatic carbocycles. The van der Waals surface area contributed by atoms with Crippen LogP contribution in [0.1, 0.15) is 113 Å². The van der Waals surface area contributed by atoms with Crippen LogP contribution in [-0.4, -0.2) is 19.6 Å². The molecule has 0 aliphatic rings. The van der Waals surface area contributed by atoms with Crippen LogP contribution in [0.2, 0.25) is 0 Å². The van der Waals surface area contributed by atoms with Gasteiger partial charge in [-0.05, 0) is 30.7 Å². The van der Waals surface area contributed by atoms with Gasteiger partial charge in [-0.1, -0.05) is 120 Å². The fourth-order valence-corrected chi connectivity index (χ4v) is 5.53. The van der Waals surface area contributed by atoms with Gasteiger partial charge in [0.15, 0.2) is 24.2 Å². The van der Waals surface area contributed by atoms with Crippen LogP contribution >= 0.6 is 11.3 Å². The molecule has 0 radical (unpaired) electrons. The van der Waals surface area contributed by atoms with Crippen molar-refractivity contribution in [1.82, 2.24) is 0 Å². The Hall–Kier alpha value is -2.38. The number of benzene rings is 2. The topological polar surface area (TPSA) is 51.4 Å². The quantitative estimate of drug-likeness (QED) is 0.111. The first-order valence-electron chi connectivity index (χ1n) is 15.3. The minimum Gasteiger partial charge on any atom is -1.00 e. The monoisotopic (exact) mass is 644 g/mol. The lowest BCUT2D eigenvalue weighted by molar-refractivity contribution is -0.683. The second-order valence-electron chi connectivity index (χ2n) is 10.6. The van der Waals surface area contributed by atoms with Crippen LogP contribution in [0.25, 0.3) is 0 Å². The SMILES string of the molecule is CCCCCCCCCCCCCCCCOc1c(OC)cccc1C(=O)Nc1ccc(C[n+]2ccsc2)cc1.[Br-]. The molecule has 5 nitrogen and oxygen atoms in total. The van der Waals surface area contributed by atoms with Gasteiger partial charge in [-0.15, -0.1) is 0 Å². The van der Waals surface area contributed by atoms with Gasteiger partial charge in [0, 0.05) is 11.3 Å². The van der Waals surface area contributed by atoms with Crippen molar-refractivity contribution in [3.8, 4) is 11.5 Å². The van der Waals surface area contributed by atoms with Crippen LogP contribution in [0.3, 0.4) is 0 Å². The summed E-state index contributed by atoms with van der Waals surface area (Å²) >= 11 is 1.67. The highest BCUT2D eigenvalue weighted by Crippen LogP contribution is 2.32. The number of para-hydroxylation sites is 1. The molecule has 0 aliphatic heterocycles. The third kappa shape index (κ3) is 13.4. The van der Waals surface area contributed by atoms with Crippen LogP contribution in [-0.2, 0) is 6.54 Å². The Kier molecular flexibility index (Phi) is 18.1. The first-order chi connectivity index (χ1) is 19.7. The molecule has 0 saturated heterocycles. The molecule has 0 fully saturated rings. The predicted molar refractivity (Wildman–Crippen MR) is 167 cm³/mol. The number of thiazole rings is 1. The van der Waals surface area contributed by atoms with E-state index in [0.717, 1.165) is 25.1 Å². The number of carbonyl (C=O) groups is 1. The van der Waals surface area contributed by atoms with Gasteiger partial charge in [-0.3, -0.25) is 4.79 Å². The molecular formula is C34H49BrN2O3S. The summed E-state index contributed by atoms with van der Waals surface area (Å²) in [6, 6.07) is 13.4. The summed E-state index contributed by atoms with van der Waals surface area (Å²) in [5.74, 6) is 0.902. The summed E-state index contributed by atoms with van der Waals surface area (Å²) < 4.78 is 13.8. The maximum absolute atomic E-state index is 13.2. The summed E-state index contributed by atoms with van der Waals surface area (Å²) in [4.78, 5) is 13.2. The number of aromatic nitrogens is 1. The van der Waals surface area contributed by atoms with E-state index in [1.807, 2.05) is 36.4 Å². The summed E-state index contributed by atoms with van der Waals surface area (Å²) in [5.41, 5.74) is 4.51. The summed E-state index contributed by atoms with van der Waals surface area (Å²) in [6.45, 7) is 3.66. The van der Waals surface area contributed by atoms with Crippen molar-refractivity contribution < 1.29 is 35.8 Å². The number of halogens is 1. The highest BCUT2D eigenvalue weighted by molar-refractivity contribution is 7.07. The highest BCUT2D eigenvalue weighted by Gasteiger charge is 2.17. The number of hydrogen-bond acceptors (Lipinski definition) is 4. The normalized spacial score (nSPS) is 10.7. The number of methoxy groups -OCH3 is 1. The molecule has 3 rings (SSSR count). The molecule has 1 aromatic heterocycles. The maximum atomic E-state index is 13.2. The number of rotatable bonds is 21. The Balaban J connectivity index is 0.00000588. The van der Waals surface area contributed by atoms with Crippen LogP contribution in [0.15, 0.2) is 59.6 Å². The Labute approximate surface area is 262 Å². The average molecular weight is 646 g/mol. The van der Waals surface area contributed by atoms with Crippen LogP contribution in [0.4, 0.5) is 5.69 Å². The lowest BCUT2D eigenvalue weighted by atomic mass is 10.0. The fraction of sp³-hybridized carbons (Fsp3) is 0.529. The number of nitrogens with one attached hydrogen (secondary N) is 1.